The van der Waals surface area contributed by atoms with Gasteiger partial charge in [-0.2, -0.15) is 8.78 Å². The van der Waals surface area contributed by atoms with Gasteiger partial charge in [0.1, 0.15) is 5.75 Å². The molecule has 0 saturated heterocycles. The van der Waals surface area contributed by atoms with Crippen LogP contribution in [0.5, 0.6) is 5.75 Å². The number of rotatable bonds is 4. The first-order valence-corrected chi connectivity index (χ1v) is 5.24. The number of alkyl halides is 3. The molecule has 0 unspecified atom stereocenters. The van der Waals surface area contributed by atoms with Gasteiger partial charge in [-0.15, -0.1) is 0 Å². The lowest BCUT2D eigenvalue weighted by Crippen LogP contribution is -2.24. The third-order valence-electron chi connectivity index (χ3n) is 2.39. The zero-order valence-electron chi connectivity index (χ0n) is 9.68. The molecule has 0 N–H and O–H groups in total. The largest absolute Gasteiger partial charge is 0.496 e. The van der Waals surface area contributed by atoms with Crippen molar-refractivity contribution in [3.63, 3.8) is 0 Å². The normalized spacial score (nSPS) is 11.4. The van der Waals surface area contributed by atoms with Gasteiger partial charge in [0.2, 0.25) is 5.78 Å². The second kappa shape index (κ2) is 4.96. The number of methoxy groups -OCH3 is 1. The van der Waals surface area contributed by atoms with Crippen molar-refractivity contribution >= 4 is 17.4 Å². The number of hydrogen-bond donors (Lipinski definition) is 0. The standard InChI is InChI=1S/C11H12ClF2NO2/c1-6-5-15-8(7(2)10(6)17-3)4-9(16)11(12,13)14/h5H,4H2,1-3H3. The summed E-state index contributed by atoms with van der Waals surface area (Å²) in [6.45, 7) is 3.44. The molecule has 0 spiro atoms. The van der Waals surface area contributed by atoms with Gasteiger partial charge in [-0.1, -0.05) is 0 Å². The minimum atomic E-state index is -3.85. The summed E-state index contributed by atoms with van der Waals surface area (Å²) in [5, 5.41) is -3.85. The summed E-state index contributed by atoms with van der Waals surface area (Å²) >= 11 is 4.65. The Morgan fingerprint density at radius 3 is 2.59 bits per heavy atom. The zero-order chi connectivity index (χ0) is 13.2. The van der Waals surface area contributed by atoms with Crippen LogP contribution in [0.4, 0.5) is 8.78 Å². The van der Waals surface area contributed by atoms with E-state index in [1.54, 1.807) is 13.8 Å². The van der Waals surface area contributed by atoms with Crippen LogP contribution >= 0.6 is 11.6 Å². The van der Waals surface area contributed by atoms with E-state index in [1.165, 1.54) is 13.3 Å². The molecule has 0 atom stereocenters. The van der Waals surface area contributed by atoms with E-state index in [1.807, 2.05) is 0 Å². The maximum absolute atomic E-state index is 12.6. The predicted molar refractivity (Wildman–Crippen MR) is 59.8 cm³/mol. The van der Waals surface area contributed by atoms with E-state index in [0.29, 0.717) is 11.3 Å². The molecule has 0 amide bonds. The highest BCUT2D eigenvalue weighted by atomic mass is 35.5. The minimum absolute atomic E-state index is 0.248. The number of aromatic nitrogens is 1. The summed E-state index contributed by atoms with van der Waals surface area (Å²) in [5.41, 5.74) is 1.60. The Morgan fingerprint density at radius 1 is 1.53 bits per heavy atom. The van der Waals surface area contributed by atoms with Crippen molar-refractivity contribution in [2.45, 2.75) is 25.7 Å². The van der Waals surface area contributed by atoms with Crippen LogP contribution in [0.25, 0.3) is 0 Å². The summed E-state index contributed by atoms with van der Waals surface area (Å²) in [5.74, 6) is -0.832. The summed E-state index contributed by atoms with van der Waals surface area (Å²) < 4.78 is 30.2. The quantitative estimate of drug-likeness (QED) is 0.784. The van der Waals surface area contributed by atoms with Crippen LogP contribution < -0.4 is 4.74 Å². The molecule has 1 rings (SSSR count). The van der Waals surface area contributed by atoms with Crippen molar-refractivity contribution < 1.29 is 18.3 Å². The first-order chi connectivity index (χ1) is 7.77. The average Bonchev–Trinajstić information content (AvgIpc) is 2.21. The van der Waals surface area contributed by atoms with E-state index in [4.69, 9.17) is 4.74 Å². The van der Waals surface area contributed by atoms with Gasteiger partial charge in [0, 0.05) is 17.3 Å². The van der Waals surface area contributed by atoms with Gasteiger partial charge in [0.05, 0.1) is 19.2 Å². The van der Waals surface area contributed by atoms with Gasteiger partial charge in [0.15, 0.2) is 0 Å². The van der Waals surface area contributed by atoms with Gasteiger partial charge < -0.3 is 4.74 Å². The van der Waals surface area contributed by atoms with Crippen LogP contribution in [-0.4, -0.2) is 23.3 Å². The van der Waals surface area contributed by atoms with Crippen LogP contribution in [0.1, 0.15) is 16.8 Å². The van der Waals surface area contributed by atoms with Crippen molar-refractivity contribution in [2.75, 3.05) is 7.11 Å². The Hall–Kier alpha value is -1.23. The first kappa shape index (κ1) is 13.8. The Morgan fingerprint density at radius 2 is 2.12 bits per heavy atom. The summed E-state index contributed by atoms with van der Waals surface area (Å²) in [4.78, 5) is 15.1. The smallest absolute Gasteiger partial charge is 0.380 e. The van der Waals surface area contributed by atoms with Gasteiger partial charge in [-0.05, 0) is 25.4 Å². The number of aryl methyl sites for hydroxylation is 1. The summed E-state index contributed by atoms with van der Waals surface area (Å²) in [6, 6.07) is 0. The monoisotopic (exact) mass is 263 g/mol. The Balaban J connectivity index is 3.05. The number of ketones is 1. The number of hydrogen-bond acceptors (Lipinski definition) is 3. The molecular formula is C11H12ClF2NO2. The lowest BCUT2D eigenvalue weighted by Gasteiger charge is -2.12. The molecule has 1 heterocycles. The molecule has 0 radical (unpaired) electrons. The van der Waals surface area contributed by atoms with Crippen molar-refractivity contribution in [1.29, 1.82) is 0 Å². The SMILES string of the molecule is COc1c(C)cnc(CC(=O)C(F)(F)Cl)c1C. The third-order valence-corrected chi connectivity index (χ3v) is 2.60. The first-order valence-electron chi connectivity index (χ1n) is 4.86. The molecule has 3 nitrogen and oxygen atoms in total. The highest BCUT2D eigenvalue weighted by Crippen LogP contribution is 2.27. The highest BCUT2D eigenvalue weighted by molar-refractivity contribution is 6.32. The molecule has 0 aliphatic rings. The van der Waals surface area contributed by atoms with Crippen LogP contribution in [0.3, 0.4) is 0 Å². The fourth-order valence-electron chi connectivity index (χ4n) is 1.50. The summed E-state index contributed by atoms with van der Waals surface area (Å²) in [6.07, 6.45) is 0.958. The Labute approximate surface area is 103 Å². The topological polar surface area (TPSA) is 39.2 Å². The maximum atomic E-state index is 12.6. The second-order valence-electron chi connectivity index (χ2n) is 3.64. The average molecular weight is 264 g/mol. The van der Waals surface area contributed by atoms with Crippen molar-refractivity contribution in [3.05, 3.63) is 23.0 Å². The maximum Gasteiger partial charge on any atom is 0.380 e. The number of halogens is 3. The van der Waals surface area contributed by atoms with E-state index in [2.05, 4.69) is 16.6 Å². The van der Waals surface area contributed by atoms with Gasteiger partial charge >= 0.3 is 5.38 Å². The molecule has 1 aromatic rings. The van der Waals surface area contributed by atoms with E-state index in [0.717, 1.165) is 5.56 Å². The lowest BCUT2D eigenvalue weighted by atomic mass is 10.1. The number of Topliss-reactive ketones (excluding diaryl/α,β-unsaturated/α-hetero) is 1. The number of carbonyl (C=O) groups excluding carboxylic acids is 1. The predicted octanol–water partition coefficient (Wildman–Crippen LogP) is 2.65. The van der Waals surface area contributed by atoms with Gasteiger partial charge in [-0.25, -0.2) is 0 Å². The molecule has 94 valence electrons. The van der Waals surface area contributed by atoms with Gasteiger partial charge in [0.25, 0.3) is 0 Å². The lowest BCUT2D eigenvalue weighted by molar-refractivity contribution is -0.132. The Kier molecular flexibility index (Phi) is 4.03. The van der Waals surface area contributed by atoms with E-state index in [9.17, 15) is 13.6 Å². The molecule has 17 heavy (non-hydrogen) atoms. The van der Waals surface area contributed by atoms with Crippen LogP contribution in [-0.2, 0) is 11.2 Å². The fraction of sp³-hybridized carbons (Fsp3) is 0.455. The second-order valence-corrected chi connectivity index (χ2v) is 4.12. The molecular weight excluding hydrogens is 252 g/mol. The zero-order valence-corrected chi connectivity index (χ0v) is 10.4. The molecule has 0 saturated carbocycles. The number of ether oxygens (including phenoxy) is 1. The van der Waals surface area contributed by atoms with Crippen LogP contribution in [0.15, 0.2) is 6.20 Å². The highest BCUT2D eigenvalue weighted by Gasteiger charge is 2.35. The molecule has 1 aromatic heterocycles. The van der Waals surface area contributed by atoms with E-state index >= 15 is 0 Å². The number of pyridine rings is 1. The number of carbonyl (C=O) groups is 1. The van der Waals surface area contributed by atoms with Gasteiger partial charge in [-0.3, -0.25) is 9.78 Å². The molecule has 0 aromatic carbocycles. The van der Waals surface area contributed by atoms with Crippen molar-refractivity contribution in [1.82, 2.24) is 4.98 Å². The van der Waals surface area contributed by atoms with Crippen LogP contribution in [0.2, 0.25) is 0 Å². The third kappa shape index (κ3) is 3.12. The number of nitrogens with zero attached hydrogens (tertiary/aromatic N) is 1. The molecule has 0 bridgehead atoms. The van der Waals surface area contributed by atoms with Crippen LogP contribution in [0, 0.1) is 13.8 Å². The molecule has 0 aliphatic carbocycles. The van der Waals surface area contributed by atoms with Crippen molar-refractivity contribution in [3.8, 4) is 5.75 Å². The molecule has 0 aliphatic heterocycles. The Bertz CT molecular complexity index is 444. The molecule has 0 fully saturated rings. The van der Waals surface area contributed by atoms with E-state index in [-0.39, 0.29) is 5.69 Å². The fourth-order valence-corrected chi connectivity index (χ4v) is 1.57. The van der Waals surface area contributed by atoms with Crippen molar-refractivity contribution in [2.24, 2.45) is 0 Å². The summed E-state index contributed by atoms with van der Waals surface area (Å²) in [7, 11) is 1.47. The minimum Gasteiger partial charge on any atom is -0.496 e. The van der Waals surface area contributed by atoms with E-state index < -0.39 is 17.6 Å². The molecule has 6 heteroatoms.